The van der Waals surface area contributed by atoms with E-state index in [1.807, 2.05) is 0 Å². The van der Waals surface area contributed by atoms with Crippen LogP contribution in [0.4, 0.5) is 0 Å². The summed E-state index contributed by atoms with van der Waals surface area (Å²) < 4.78 is 0. The van der Waals surface area contributed by atoms with Gasteiger partial charge in [0.2, 0.25) is 0 Å². The lowest BCUT2D eigenvalue weighted by Crippen LogP contribution is -2.31. The van der Waals surface area contributed by atoms with Gasteiger partial charge in [-0.3, -0.25) is 9.59 Å². The quantitative estimate of drug-likeness (QED) is 0.479. The van der Waals surface area contributed by atoms with Gasteiger partial charge in [0.15, 0.2) is 0 Å². The Kier molecular flexibility index (Phi) is 5.40. The fraction of sp³-hybridized carbons (Fsp3) is 0.556. The van der Waals surface area contributed by atoms with Crippen LogP contribution in [0.5, 0.6) is 0 Å². The molecule has 0 fully saturated rings. The van der Waals surface area contributed by atoms with Crippen molar-refractivity contribution in [2.75, 3.05) is 0 Å². The third kappa shape index (κ3) is 4.46. The molecule has 6 heteroatoms. The van der Waals surface area contributed by atoms with Crippen LogP contribution in [0.25, 0.3) is 0 Å². The Hall–Kier alpha value is -1.56. The van der Waals surface area contributed by atoms with Crippen LogP contribution < -0.4 is 0 Å². The Morgan fingerprint density at radius 3 is 2.13 bits per heavy atom. The number of carboxylic acids is 2. The van der Waals surface area contributed by atoms with Crippen molar-refractivity contribution in [1.29, 1.82) is 0 Å². The van der Waals surface area contributed by atoms with Gasteiger partial charge in [-0.15, -0.1) is 0 Å². The lowest BCUT2D eigenvalue weighted by atomic mass is 9.97. The Labute approximate surface area is 86.5 Å². The number of hydrogen-bond acceptors (Lipinski definition) is 4. The second kappa shape index (κ2) is 6.02. The zero-order chi connectivity index (χ0) is 12.0. The molecule has 86 valence electrons. The predicted octanol–water partition coefficient (Wildman–Crippen LogP) is 0.375. The first kappa shape index (κ1) is 13.4. The molecule has 2 unspecified atom stereocenters. The van der Waals surface area contributed by atoms with Crippen molar-refractivity contribution in [3.05, 3.63) is 11.8 Å². The molecule has 0 aromatic rings. The fourth-order valence-electron chi connectivity index (χ4n) is 1.06. The Morgan fingerprint density at radius 2 is 1.80 bits per heavy atom. The van der Waals surface area contributed by atoms with Gasteiger partial charge in [0.1, 0.15) is 17.8 Å². The molecule has 0 radical (unpaired) electrons. The SMILES string of the molecule is CC/C=C(\O)C(O)C(CC(=O)O)C(=O)O. The maximum absolute atomic E-state index is 10.6. The largest absolute Gasteiger partial charge is 0.510 e. The Bertz CT molecular complexity index is 270. The molecule has 0 aromatic carbocycles. The maximum atomic E-state index is 10.6. The Morgan fingerprint density at radius 1 is 1.27 bits per heavy atom. The maximum Gasteiger partial charge on any atom is 0.310 e. The summed E-state index contributed by atoms with van der Waals surface area (Å²) >= 11 is 0. The molecule has 0 rings (SSSR count). The van der Waals surface area contributed by atoms with E-state index in [1.165, 1.54) is 6.08 Å². The van der Waals surface area contributed by atoms with E-state index in [-0.39, 0.29) is 0 Å². The molecular formula is C9H14O6. The van der Waals surface area contributed by atoms with E-state index in [4.69, 9.17) is 10.2 Å². The molecule has 15 heavy (non-hydrogen) atoms. The molecule has 0 bridgehead atoms. The number of rotatable bonds is 6. The smallest absolute Gasteiger partial charge is 0.310 e. The van der Waals surface area contributed by atoms with Crippen LogP contribution >= 0.6 is 0 Å². The van der Waals surface area contributed by atoms with E-state index >= 15 is 0 Å². The summed E-state index contributed by atoms with van der Waals surface area (Å²) in [6.07, 6.45) is -0.762. The second-order valence-corrected chi connectivity index (χ2v) is 3.02. The summed E-state index contributed by atoms with van der Waals surface area (Å²) in [5, 5.41) is 35.6. The Balaban J connectivity index is 4.69. The molecule has 0 amide bonds. The van der Waals surface area contributed by atoms with Crippen molar-refractivity contribution in [3.8, 4) is 0 Å². The van der Waals surface area contributed by atoms with Gasteiger partial charge in [-0.05, 0) is 12.5 Å². The molecule has 0 saturated heterocycles. The summed E-state index contributed by atoms with van der Waals surface area (Å²) in [4.78, 5) is 20.9. The first-order valence-electron chi connectivity index (χ1n) is 4.41. The molecule has 0 aliphatic rings. The lowest BCUT2D eigenvalue weighted by Gasteiger charge is -2.16. The summed E-state index contributed by atoms with van der Waals surface area (Å²) in [5.41, 5.74) is 0. The highest BCUT2D eigenvalue weighted by Crippen LogP contribution is 2.15. The third-order valence-corrected chi connectivity index (χ3v) is 1.81. The van der Waals surface area contributed by atoms with Crippen molar-refractivity contribution in [2.24, 2.45) is 5.92 Å². The van der Waals surface area contributed by atoms with Gasteiger partial charge in [0.25, 0.3) is 0 Å². The molecule has 0 heterocycles. The first-order chi connectivity index (χ1) is 6.90. The topological polar surface area (TPSA) is 115 Å². The molecule has 4 N–H and O–H groups in total. The van der Waals surface area contributed by atoms with Gasteiger partial charge in [0.05, 0.1) is 6.42 Å². The van der Waals surface area contributed by atoms with Crippen LogP contribution in [0.2, 0.25) is 0 Å². The van der Waals surface area contributed by atoms with Crippen molar-refractivity contribution < 1.29 is 30.0 Å². The average Bonchev–Trinajstić information content (AvgIpc) is 2.12. The summed E-state index contributed by atoms with van der Waals surface area (Å²) in [6, 6.07) is 0. The van der Waals surface area contributed by atoms with Crippen molar-refractivity contribution in [3.63, 3.8) is 0 Å². The number of aliphatic carboxylic acids is 2. The zero-order valence-electron chi connectivity index (χ0n) is 8.25. The standard InChI is InChI=1S/C9H14O6/c1-2-3-6(10)8(13)5(9(14)15)4-7(11)12/h3,5,8,10,13H,2,4H2,1H3,(H,11,12)(H,14,15)/b6-3-. The minimum atomic E-state index is -1.68. The number of hydrogen-bond donors (Lipinski definition) is 4. The third-order valence-electron chi connectivity index (χ3n) is 1.81. The van der Waals surface area contributed by atoms with Crippen molar-refractivity contribution >= 4 is 11.9 Å². The number of aliphatic hydroxyl groups excluding tert-OH is 2. The van der Waals surface area contributed by atoms with Gasteiger partial charge < -0.3 is 20.4 Å². The molecule has 0 aliphatic heterocycles. The minimum Gasteiger partial charge on any atom is -0.510 e. The molecule has 6 nitrogen and oxygen atoms in total. The van der Waals surface area contributed by atoms with Crippen LogP contribution in [0.1, 0.15) is 19.8 Å². The highest BCUT2D eigenvalue weighted by Gasteiger charge is 2.31. The summed E-state index contributed by atoms with van der Waals surface area (Å²) in [5.74, 6) is -4.84. The fourth-order valence-corrected chi connectivity index (χ4v) is 1.06. The summed E-state index contributed by atoms with van der Waals surface area (Å²) in [7, 11) is 0. The average molecular weight is 218 g/mol. The minimum absolute atomic E-state index is 0.419. The van der Waals surface area contributed by atoms with Crippen LogP contribution in [-0.2, 0) is 9.59 Å². The van der Waals surface area contributed by atoms with E-state index in [1.54, 1.807) is 6.92 Å². The first-order valence-corrected chi connectivity index (χ1v) is 4.41. The van der Waals surface area contributed by atoms with Gasteiger partial charge in [-0.1, -0.05) is 6.92 Å². The van der Waals surface area contributed by atoms with E-state index in [0.717, 1.165) is 0 Å². The van der Waals surface area contributed by atoms with Gasteiger partial charge in [-0.2, -0.15) is 0 Å². The molecule has 0 saturated carbocycles. The van der Waals surface area contributed by atoms with E-state index in [2.05, 4.69) is 0 Å². The summed E-state index contributed by atoms with van der Waals surface area (Å²) in [6.45, 7) is 1.69. The van der Waals surface area contributed by atoms with E-state index in [0.29, 0.717) is 6.42 Å². The molecular weight excluding hydrogens is 204 g/mol. The van der Waals surface area contributed by atoms with Crippen LogP contribution in [0.3, 0.4) is 0 Å². The van der Waals surface area contributed by atoms with Crippen LogP contribution in [0.15, 0.2) is 11.8 Å². The van der Waals surface area contributed by atoms with Crippen molar-refractivity contribution in [1.82, 2.24) is 0 Å². The van der Waals surface area contributed by atoms with Crippen LogP contribution in [0, 0.1) is 5.92 Å². The molecule has 0 aliphatic carbocycles. The second-order valence-electron chi connectivity index (χ2n) is 3.02. The van der Waals surface area contributed by atoms with Gasteiger partial charge >= 0.3 is 11.9 Å². The molecule has 2 atom stereocenters. The normalized spacial score (nSPS) is 15.7. The van der Waals surface area contributed by atoms with E-state index < -0.39 is 36.1 Å². The monoisotopic (exact) mass is 218 g/mol. The number of aliphatic hydroxyl groups is 2. The number of carbonyl (C=O) groups is 2. The van der Waals surface area contributed by atoms with E-state index in [9.17, 15) is 19.8 Å². The predicted molar refractivity (Wildman–Crippen MR) is 50.4 cm³/mol. The van der Waals surface area contributed by atoms with Crippen LogP contribution in [-0.4, -0.2) is 38.5 Å². The van der Waals surface area contributed by atoms with Crippen molar-refractivity contribution in [2.45, 2.75) is 25.9 Å². The lowest BCUT2D eigenvalue weighted by molar-refractivity contribution is -0.152. The number of carboxylic acid groups (broad SMARTS) is 2. The molecule has 0 spiro atoms. The highest BCUT2D eigenvalue weighted by molar-refractivity contribution is 5.78. The zero-order valence-corrected chi connectivity index (χ0v) is 8.25. The van der Waals surface area contributed by atoms with Gasteiger partial charge in [0, 0.05) is 0 Å². The molecule has 0 aromatic heterocycles. The highest BCUT2D eigenvalue weighted by atomic mass is 16.4. The van der Waals surface area contributed by atoms with Gasteiger partial charge in [-0.25, -0.2) is 0 Å². The number of allylic oxidation sites excluding steroid dienone is 1.